The topological polar surface area (TPSA) is 113 Å². The van der Waals surface area contributed by atoms with Crippen LogP contribution in [0.5, 0.6) is 0 Å². The standard InChI is InChI=1S/C22H25N3O5S2/c1-15(16-9-11-18(12-10-16)31(2,27)28)23-22(26)17-6-5-13-25(14-17)21-19-7-3-4-8-20(19)32(29,30)24-21/h3-4,7-12,15,17H,5-6,13-14H2,1-2H3,(H,23,26)/t15-,17+/m1/s1. The Hall–Kier alpha value is -2.72. The van der Waals surface area contributed by atoms with Gasteiger partial charge in [-0.05, 0) is 49.6 Å². The molecule has 1 saturated heterocycles. The van der Waals surface area contributed by atoms with Gasteiger partial charge in [0.15, 0.2) is 15.7 Å². The van der Waals surface area contributed by atoms with Gasteiger partial charge < -0.3 is 10.2 Å². The molecule has 1 fully saturated rings. The second kappa shape index (κ2) is 8.32. The summed E-state index contributed by atoms with van der Waals surface area (Å²) in [4.78, 5) is 15.3. The Labute approximate surface area is 188 Å². The van der Waals surface area contributed by atoms with Gasteiger partial charge in [0.25, 0.3) is 10.0 Å². The molecule has 170 valence electrons. The Morgan fingerprint density at radius 3 is 2.53 bits per heavy atom. The summed E-state index contributed by atoms with van der Waals surface area (Å²) in [5.74, 6) is -0.0219. The van der Waals surface area contributed by atoms with Crippen molar-refractivity contribution in [1.29, 1.82) is 0 Å². The third-order valence-electron chi connectivity index (χ3n) is 5.87. The Bertz CT molecular complexity index is 1290. The highest BCUT2D eigenvalue weighted by Gasteiger charge is 2.35. The zero-order chi connectivity index (χ0) is 23.1. The van der Waals surface area contributed by atoms with E-state index in [0.29, 0.717) is 30.9 Å². The molecule has 2 atom stereocenters. The highest BCUT2D eigenvalue weighted by atomic mass is 32.2. The number of likely N-dealkylation sites (tertiary alicyclic amines) is 1. The SMILES string of the molecule is C[C@@H](NC(=O)[C@H]1CCCN(C2=NS(=O)(=O)c3ccccc32)C1)c1ccc(S(C)(=O)=O)cc1. The molecule has 32 heavy (non-hydrogen) atoms. The highest BCUT2D eigenvalue weighted by Crippen LogP contribution is 2.30. The molecule has 0 aliphatic carbocycles. The number of hydrogen-bond acceptors (Lipinski definition) is 6. The molecule has 0 unspecified atom stereocenters. The number of nitrogens with zero attached hydrogens (tertiary/aromatic N) is 2. The number of amides is 1. The third-order valence-corrected chi connectivity index (χ3v) is 8.32. The fourth-order valence-corrected chi connectivity index (χ4v) is 5.98. The van der Waals surface area contributed by atoms with Crippen molar-refractivity contribution in [1.82, 2.24) is 10.2 Å². The van der Waals surface area contributed by atoms with Crippen LogP contribution in [-0.2, 0) is 24.7 Å². The first-order valence-electron chi connectivity index (χ1n) is 10.4. The molecule has 2 aliphatic heterocycles. The molecule has 8 nitrogen and oxygen atoms in total. The predicted molar refractivity (Wildman–Crippen MR) is 121 cm³/mol. The van der Waals surface area contributed by atoms with Gasteiger partial charge in [0.05, 0.1) is 16.9 Å². The molecule has 2 heterocycles. The fraction of sp³-hybridized carbons (Fsp3) is 0.364. The number of benzene rings is 2. The normalized spacial score (nSPS) is 20.9. The van der Waals surface area contributed by atoms with E-state index in [4.69, 9.17) is 0 Å². The van der Waals surface area contributed by atoms with E-state index in [0.717, 1.165) is 18.2 Å². The van der Waals surface area contributed by atoms with E-state index in [1.165, 1.54) is 12.1 Å². The average molecular weight is 476 g/mol. The first-order valence-corrected chi connectivity index (χ1v) is 13.7. The van der Waals surface area contributed by atoms with E-state index in [1.54, 1.807) is 36.4 Å². The van der Waals surface area contributed by atoms with E-state index in [-0.39, 0.29) is 27.7 Å². The maximum Gasteiger partial charge on any atom is 0.285 e. The zero-order valence-corrected chi connectivity index (χ0v) is 19.5. The van der Waals surface area contributed by atoms with Crippen molar-refractivity contribution in [2.45, 2.75) is 35.6 Å². The second-order valence-corrected chi connectivity index (χ2v) is 11.8. The molecule has 0 bridgehead atoms. The summed E-state index contributed by atoms with van der Waals surface area (Å²) in [6, 6.07) is 12.9. The van der Waals surface area contributed by atoms with Crippen molar-refractivity contribution in [3.05, 3.63) is 59.7 Å². The maximum atomic E-state index is 12.9. The third kappa shape index (κ3) is 4.42. The van der Waals surface area contributed by atoms with Crippen LogP contribution in [0.25, 0.3) is 0 Å². The Balaban J connectivity index is 1.45. The lowest BCUT2D eigenvalue weighted by atomic mass is 9.95. The number of fused-ring (bicyclic) bond motifs is 1. The Morgan fingerprint density at radius 2 is 1.84 bits per heavy atom. The molecule has 2 aromatic carbocycles. The highest BCUT2D eigenvalue weighted by molar-refractivity contribution is 7.91. The van der Waals surface area contributed by atoms with Crippen molar-refractivity contribution in [3.8, 4) is 0 Å². The van der Waals surface area contributed by atoms with E-state index in [2.05, 4.69) is 9.71 Å². The monoisotopic (exact) mass is 475 g/mol. The van der Waals surface area contributed by atoms with E-state index in [9.17, 15) is 21.6 Å². The number of rotatable bonds is 4. The van der Waals surface area contributed by atoms with Gasteiger partial charge in [-0.3, -0.25) is 4.79 Å². The first kappa shape index (κ1) is 22.5. The minimum atomic E-state index is -3.71. The Morgan fingerprint density at radius 1 is 1.16 bits per heavy atom. The van der Waals surface area contributed by atoms with Crippen molar-refractivity contribution < 1.29 is 21.6 Å². The number of sulfonamides is 1. The van der Waals surface area contributed by atoms with Gasteiger partial charge in [-0.25, -0.2) is 8.42 Å². The fourth-order valence-electron chi connectivity index (χ4n) is 4.12. The largest absolute Gasteiger partial charge is 0.355 e. The number of hydrogen-bond donors (Lipinski definition) is 1. The first-order chi connectivity index (χ1) is 15.1. The molecule has 0 aromatic heterocycles. The summed E-state index contributed by atoms with van der Waals surface area (Å²) in [5, 5.41) is 3.00. The molecule has 10 heteroatoms. The van der Waals surface area contributed by atoms with Gasteiger partial charge in [0, 0.05) is 24.9 Å². The van der Waals surface area contributed by atoms with Gasteiger partial charge in [-0.1, -0.05) is 24.3 Å². The molecule has 0 spiro atoms. The lowest BCUT2D eigenvalue weighted by molar-refractivity contribution is -0.126. The van der Waals surface area contributed by atoms with Gasteiger partial charge >= 0.3 is 0 Å². The van der Waals surface area contributed by atoms with Crippen molar-refractivity contribution in [2.24, 2.45) is 10.3 Å². The van der Waals surface area contributed by atoms with Crippen LogP contribution in [0.4, 0.5) is 0 Å². The molecule has 4 rings (SSSR count). The van der Waals surface area contributed by atoms with Crippen LogP contribution in [0.1, 0.15) is 36.9 Å². The predicted octanol–water partition coefficient (Wildman–Crippen LogP) is 2.13. The molecule has 1 amide bonds. The van der Waals surface area contributed by atoms with Gasteiger partial charge in [-0.15, -0.1) is 4.40 Å². The van der Waals surface area contributed by atoms with Crippen LogP contribution in [0.3, 0.4) is 0 Å². The maximum absolute atomic E-state index is 12.9. The summed E-state index contributed by atoms with van der Waals surface area (Å²) in [5.41, 5.74) is 1.38. The van der Waals surface area contributed by atoms with E-state index >= 15 is 0 Å². The van der Waals surface area contributed by atoms with Crippen molar-refractivity contribution >= 4 is 31.6 Å². The van der Waals surface area contributed by atoms with Gasteiger partial charge in [0.2, 0.25) is 5.91 Å². The number of carbonyl (C=O) groups is 1. The van der Waals surface area contributed by atoms with Crippen LogP contribution >= 0.6 is 0 Å². The van der Waals surface area contributed by atoms with Gasteiger partial charge in [-0.2, -0.15) is 8.42 Å². The molecule has 0 radical (unpaired) electrons. The summed E-state index contributed by atoms with van der Waals surface area (Å²) >= 11 is 0. The van der Waals surface area contributed by atoms with Crippen LogP contribution in [0.2, 0.25) is 0 Å². The van der Waals surface area contributed by atoms with Crippen molar-refractivity contribution in [3.63, 3.8) is 0 Å². The number of nitrogens with one attached hydrogen (secondary N) is 1. The molecule has 0 saturated carbocycles. The quantitative estimate of drug-likeness (QED) is 0.725. The summed E-state index contributed by atoms with van der Waals surface area (Å²) in [6.07, 6.45) is 2.60. The van der Waals surface area contributed by atoms with Crippen LogP contribution < -0.4 is 5.32 Å². The summed E-state index contributed by atoms with van der Waals surface area (Å²) in [7, 11) is -6.98. The minimum absolute atomic E-state index is 0.121. The van der Waals surface area contributed by atoms with E-state index in [1.807, 2.05) is 11.8 Å². The smallest absolute Gasteiger partial charge is 0.285 e. The van der Waals surface area contributed by atoms with Crippen LogP contribution in [0, 0.1) is 5.92 Å². The lowest BCUT2D eigenvalue weighted by Gasteiger charge is -2.34. The van der Waals surface area contributed by atoms with Crippen LogP contribution in [0.15, 0.2) is 62.7 Å². The second-order valence-electron chi connectivity index (χ2n) is 8.24. The molecular formula is C22H25N3O5S2. The van der Waals surface area contributed by atoms with E-state index < -0.39 is 19.9 Å². The lowest BCUT2D eigenvalue weighted by Crippen LogP contribution is -2.45. The average Bonchev–Trinajstić information content (AvgIpc) is 3.04. The minimum Gasteiger partial charge on any atom is -0.355 e. The molecular weight excluding hydrogens is 450 g/mol. The van der Waals surface area contributed by atoms with Gasteiger partial charge in [0.1, 0.15) is 4.90 Å². The molecule has 2 aliphatic rings. The molecule has 1 N–H and O–H groups in total. The molecule has 2 aromatic rings. The number of sulfone groups is 1. The number of amidine groups is 1. The van der Waals surface area contributed by atoms with Crippen molar-refractivity contribution in [2.75, 3.05) is 19.3 Å². The summed E-state index contributed by atoms with van der Waals surface area (Å²) < 4.78 is 52.0. The van der Waals surface area contributed by atoms with Crippen LogP contribution in [-0.4, -0.2) is 52.8 Å². The summed E-state index contributed by atoms with van der Waals surface area (Å²) in [6.45, 7) is 2.86. The zero-order valence-electron chi connectivity index (χ0n) is 17.9. The number of piperidine rings is 1. The number of carbonyl (C=O) groups excluding carboxylic acids is 1. The Kier molecular flexibility index (Phi) is 5.85.